The van der Waals surface area contributed by atoms with Gasteiger partial charge in [-0.05, 0) is 43.1 Å². The Bertz CT molecular complexity index is 230. The van der Waals surface area contributed by atoms with Crippen molar-refractivity contribution in [2.24, 2.45) is 17.8 Å². The molecule has 2 atom stereocenters. The smallest absolute Gasteiger partial charge is 1.00 e. The predicted molar refractivity (Wildman–Crippen MR) is 76.7 cm³/mol. The summed E-state index contributed by atoms with van der Waals surface area (Å²) in [6, 6.07) is 12.5. The fraction of sp³-hybridized carbons (Fsp3) is 0.562. The van der Waals surface area contributed by atoms with E-state index in [0.717, 1.165) is 17.8 Å². The Hall–Kier alpha value is 0.979. The molecule has 0 N–H and O–H groups in total. The summed E-state index contributed by atoms with van der Waals surface area (Å²) >= 11 is 0. The van der Waals surface area contributed by atoms with Gasteiger partial charge in [-0.1, -0.05) is 57.5 Å². The molecule has 0 bridgehead atoms. The maximum absolute atomic E-state index is 2.89. The largest absolute Gasteiger partial charge is 2.00 e. The summed E-state index contributed by atoms with van der Waals surface area (Å²) in [4.78, 5) is 0. The molecular weight excluding hydrogens is 471 g/mol. The van der Waals surface area contributed by atoms with Crippen LogP contribution in [-0.4, -0.2) is 23.9 Å². The standard InChI is InChI=1S/C10H19.C6H5.2BrH.Sn/c1-8(2)10-6-4-9(3)5-7-10;1-2-4-6-5-3-1;;;/h6,8-10H,4-5,7H2,1-3H3;1-5H;2*1H;/q;;;;+2/p-2/t9-,10-;;;;/m1..../s1. The van der Waals surface area contributed by atoms with Gasteiger partial charge in [0.05, 0.1) is 0 Å². The van der Waals surface area contributed by atoms with Crippen molar-refractivity contribution in [2.45, 2.75) is 40.0 Å². The Balaban J connectivity index is -0.000000252. The summed E-state index contributed by atoms with van der Waals surface area (Å²) in [5.74, 6) is 2.73. The quantitative estimate of drug-likeness (QED) is 0.413. The van der Waals surface area contributed by atoms with Crippen LogP contribution in [0.1, 0.15) is 40.0 Å². The number of benzene rings is 1. The van der Waals surface area contributed by atoms with Crippen LogP contribution in [0.5, 0.6) is 0 Å². The van der Waals surface area contributed by atoms with Gasteiger partial charge in [0, 0.05) is 0 Å². The van der Waals surface area contributed by atoms with Crippen molar-refractivity contribution in [1.29, 1.82) is 0 Å². The molecule has 1 aliphatic carbocycles. The van der Waals surface area contributed by atoms with Crippen molar-refractivity contribution in [2.75, 3.05) is 0 Å². The summed E-state index contributed by atoms with van der Waals surface area (Å²) in [6.07, 6.45) is 6.75. The first-order chi connectivity index (χ1) is 7.70. The van der Waals surface area contributed by atoms with Crippen LogP contribution < -0.4 is 34.0 Å². The molecule has 0 aliphatic heterocycles. The fourth-order valence-corrected chi connectivity index (χ4v) is 2.07. The Kier molecular flexibility index (Phi) is 20.2. The number of rotatable bonds is 1. The molecule has 1 saturated carbocycles. The van der Waals surface area contributed by atoms with Gasteiger partial charge in [0.1, 0.15) is 0 Å². The molecule has 106 valence electrons. The molecule has 0 saturated heterocycles. The Labute approximate surface area is 157 Å². The Morgan fingerprint density at radius 1 is 1.00 bits per heavy atom. The summed E-state index contributed by atoms with van der Waals surface area (Å²) in [6.45, 7) is 7.02. The Morgan fingerprint density at radius 2 is 1.58 bits per heavy atom. The second kappa shape index (κ2) is 15.4. The van der Waals surface area contributed by atoms with Crippen LogP contribution in [0.3, 0.4) is 0 Å². The fourth-order valence-electron chi connectivity index (χ4n) is 2.07. The molecule has 2 rings (SSSR count). The number of halogens is 2. The minimum absolute atomic E-state index is 0. The van der Waals surface area contributed by atoms with E-state index >= 15 is 0 Å². The molecule has 1 fully saturated rings. The van der Waals surface area contributed by atoms with E-state index in [9.17, 15) is 0 Å². The van der Waals surface area contributed by atoms with Crippen molar-refractivity contribution >= 4 is 23.9 Å². The van der Waals surface area contributed by atoms with Gasteiger partial charge < -0.3 is 34.0 Å². The van der Waals surface area contributed by atoms with Gasteiger partial charge in [-0.15, -0.1) is 0 Å². The molecule has 19 heavy (non-hydrogen) atoms. The topological polar surface area (TPSA) is 0 Å². The monoisotopic (exact) mass is 494 g/mol. The van der Waals surface area contributed by atoms with Crippen LogP contribution in [0.25, 0.3) is 0 Å². The summed E-state index contributed by atoms with van der Waals surface area (Å²) in [7, 11) is 0. The van der Waals surface area contributed by atoms with Gasteiger partial charge in [-0.2, -0.15) is 0 Å². The van der Waals surface area contributed by atoms with Crippen LogP contribution in [0.15, 0.2) is 30.3 Å². The zero-order chi connectivity index (χ0) is 11.8. The summed E-state index contributed by atoms with van der Waals surface area (Å²) < 4.78 is 0. The van der Waals surface area contributed by atoms with E-state index in [0.29, 0.717) is 0 Å². The van der Waals surface area contributed by atoms with Crippen molar-refractivity contribution in [3.8, 4) is 0 Å². The maximum atomic E-state index is 2.89. The van der Waals surface area contributed by atoms with Crippen molar-refractivity contribution in [3.05, 3.63) is 42.8 Å². The van der Waals surface area contributed by atoms with Crippen LogP contribution in [0.4, 0.5) is 0 Å². The summed E-state index contributed by atoms with van der Waals surface area (Å²) in [5, 5.41) is 0. The van der Waals surface area contributed by atoms with Gasteiger partial charge in [0.2, 0.25) is 0 Å². The van der Waals surface area contributed by atoms with E-state index in [1.807, 2.05) is 30.3 Å². The SMILES string of the molecule is CC(C)[C@@H]1[CH]C[C@@H](C)CC1.[Br-].[Br-].[Sn+2].[c]1ccccc1. The first-order valence-corrected chi connectivity index (χ1v) is 6.44. The zero-order valence-electron chi connectivity index (χ0n) is 12.1. The van der Waals surface area contributed by atoms with Gasteiger partial charge >= 0.3 is 23.9 Å². The summed E-state index contributed by atoms with van der Waals surface area (Å²) in [5.41, 5.74) is 0. The van der Waals surface area contributed by atoms with E-state index in [4.69, 9.17) is 0 Å². The molecule has 1 aromatic rings. The third kappa shape index (κ3) is 12.4. The predicted octanol–water partition coefficient (Wildman–Crippen LogP) is -1.60. The van der Waals surface area contributed by atoms with Crippen LogP contribution in [-0.2, 0) is 0 Å². The first-order valence-electron chi connectivity index (χ1n) is 6.44. The molecule has 1 aliphatic rings. The maximum Gasteiger partial charge on any atom is 2.00 e. The van der Waals surface area contributed by atoms with Crippen LogP contribution >= 0.6 is 0 Å². The van der Waals surface area contributed by atoms with Gasteiger partial charge in [-0.25, -0.2) is 0 Å². The number of hydrogen-bond acceptors (Lipinski definition) is 0. The normalized spacial score (nSPS) is 20.8. The van der Waals surface area contributed by atoms with E-state index in [1.54, 1.807) is 0 Å². The van der Waals surface area contributed by atoms with Gasteiger partial charge in [-0.3, -0.25) is 0 Å². The van der Waals surface area contributed by atoms with E-state index in [2.05, 4.69) is 33.3 Å². The molecule has 0 amide bonds. The molecule has 3 heteroatoms. The minimum Gasteiger partial charge on any atom is -1.00 e. The van der Waals surface area contributed by atoms with Gasteiger partial charge in [0.25, 0.3) is 0 Å². The van der Waals surface area contributed by atoms with Crippen LogP contribution in [0, 0.1) is 30.2 Å². The minimum atomic E-state index is 0. The molecular formula is C16H24Br2Sn. The second-order valence-corrected chi connectivity index (χ2v) is 5.14. The third-order valence-corrected chi connectivity index (χ3v) is 3.30. The van der Waals surface area contributed by atoms with E-state index in [1.165, 1.54) is 19.3 Å². The molecule has 0 unspecified atom stereocenters. The molecule has 4 radical (unpaired) electrons. The molecule has 0 nitrogen and oxygen atoms in total. The van der Waals surface area contributed by atoms with E-state index < -0.39 is 0 Å². The number of hydrogen-bond donors (Lipinski definition) is 0. The average molecular weight is 495 g/mol. The molecule has 1 aromatic carbocycles. The second-order valence-electron chi connectivity index (χ2n) is 5.14. The molecule has 0 heterocycles. The molecule has 0 aromatic heterocycles. The average Bonchev–Trinajstić information content (AvgIpc) is 2.32. The van der Waals surface area contributed by atoms with Crippen molar-refractivity contribution in [1.82, 2.24) is 0 Å². The first kappa shape index (κ1) is 25.0. The van der Waals surface area contributed by atoms with Crippen LogP contribution in [0.2, 0.25) is 0 Å². The van der Waals surface area contributed by atoms with Crippen molar-refractivity contribution < 1.29 is 34.0 Å². The third-order valence-electron chi connectivity index (χ3n) is 3.30. The van der Waals surface area contributed by atoms with E-state index in [-0.39, 0.29) is 57.9 Å². The van der Waals surface area contributed by atoms with Gasteiger partial charge in [0.15, 0.2) is 0 Å². The van der Waals surface area contributed by atoms with Crippen molar-refractivity contribution in [3.63, 3.8) is 0 Å². The molecule has 0 spiro atoms. The zero-order valence-corrected chi connectivity index (χ0v) is 18.1. The Morgan fingerprint density at radius 3 is 1.84 bits per heavy atom.